The zero-order chi connectivity index (χ0) is 21.8. The molecule has 0 spiro atoms. The van der Waals surface area contributed by atoms with Crippen LogP contribution in [0.3, 0.4) is 0 Å². The van der Waals surface area contributed by atoms with Crippen LogP contribution in [0.25, 0.3) is 0 Å². The largest absolute Gasteiger partial charge is 0.491 e. The molecule has 1 aromatic heterocycles. The van der Waals surface area contributed by atoms with Crippen LogP contribution in [0.1, 0.15) is 24.7 Å². The Morgan fingerprint density at radius 3 is 2.13 bits per heavy atom. The molecule has 1 heterocycles. The first kappa shape index (κ1) is 22.5. The first-order valence-electron chi connectivity index (χ1n) is 9.29. The average molecular weight is 466 g/mol. The molecular formula is C21H23NO5S3. The standard InChI is InChI=1S/C21H23NO5S3/c1-16(2)27-18-10-12-19(13-11-18)30(25,26)22-15-20(17-7-4-3-5-8-17)29(23,24)21-9-6-14-28-21/h3-14,16,20,22H,15H2,1-2H3. The highest BCUT2D eigenvalue weighted by Crippen LogP contribution is 2.31. The van der Waals surface area contributed by atoms with E-state index in [4.69, 9.17) is 4.74 Å². The molecule has 0 saturated carbocycles. The van der Waals surface area contributed by atoms with Crippen LogP contribution in [0.15, 0.2) is 81.2 Å². The number of rotatable bonds is 9. The van der Waals surface area contributed by atoms with Crippen molar-refractivity contribution in [1.82, 2.24) is 4.72 Å². The van der Waals surface area contributed by atoms with Crippen LogP contribution in [-0.4, -0.2) is 29.5 Å². The van der Waals surface area contributed by atoms with E-state index in [2.05, 4.69) is 4.72 Å². The Labute approximate surface area is 181 Å². The third-order valence-electron chi connectivity index (χ3n) is 4.29. The topological polar surface area (TPSA) is 89.5 Å². The van der Waals surface area contributed by atoms with E-state index in [1.165, 1.54) is 18.2 Å². The fourth-order valence-electron chi connectivity index (χ4n) is 2.88. The molecule has 30 heavy (non-hydrogen) atoms. The number of hydrogen-bond acceptors (Lipinski definition) is 6. The smallest absolute Gasteiger partial charge is 0.240 e. The predicted octanol–water partition coefficient (Wildman–Crippen LogP) is 4.03. The van der Waals surface area contributed by atoms with Crippen LogP contribution in [0.5, 0.6) is 5.75 Å². The molecule has 0 amide bonds. The minimum absolute atomic E-state index is 0.0281. The molecule has 1 N–H and O–H groups in total. The number of nitrogens with one attached hydrogen (secondary N) is 1. The molecule has 1 atom stereocenters. The van der Waals surface area contributed by atoms with Crippen LogP contribution in [0.2, 0.25) is 0 Å². The monoisotopic (exact) mass is 465 g/mol. The molecule has 0 fully saturated rings. The van der Waals surface area contributed by atoms with Gasteiger partial charge in [-0.25, -0.2) is 21.6 Å². The molecule has 0 radical (unpaired) electrons. The highest BCUT2D eigenvalue weighted by Gasteiger charge is 2.31. The fraction of sp³-hybridized carbons (Fsp3) is 0.238. The number of sulfone groups is 1. The van der Waals surface area contributed by atoms with Gasteiger partial charge in [-0.3, -0.25) is 0 Å². The van der Waals surface area contributed by atoms with E-state index in [0.29, 0.717) is 11.3 Å². The predicted molar refractivity (Wildman–Crippen MR) is 118 cm³/mol. The van der Waals surface area contributed by atoms with Crippen molar-refractivity contribution in [3.63, 3.8) is 0 Å². The molecule has 160 valence electrons. The number of thiophene rings is 1. The summed E-state index contributed by atoms with van der Waals surface area (Å²) in [6.07, 6.45) is -0.0281. The van der Waals surface area contributed by atoms with Gasteiger partial charge in [0.05, 0.1) is 11.0 Å². The lowest BCUT2D eigenvalue weighted by Gasteiger charge is -2.18. The van der Waals surface area contributed by atoms with Gasteiger partial charge >= 0.3 is 0 Å². The third-order valence-corrected chi connectivity index (χ3v) is 9.26. The van der Waals surface area contributed by atoms with Gasteiger partial charge in [0.2, 0.25) is 10.0 Å². The molecule has 1 unspecified atom stereocenters. The van der Waals surface area contributed by atoms with Gasteiger partial charge in [-0.1, -0.05) is 36.4 Å². The van der Waals surface area contributed by atoms with E-state index in [0.717, 1.165) is 11.3 Å². The van der Waals surface area contributed by atoms with Crippen molar-refractivity contribution < 1.29 is 21.6 Å². The minimum Gasteiger partial charge on any atom is -0.491 e. The highest BCUT2D eigenvalue weighted by atomic mass is 32.2. The maximum atomic E-state index is 13.2. The summed E-state index contributed by atoms with van der Waals surface area (Å²) in [5.41, 5.74) is 0.522. The molecular weight excluding hydrogens is 442 g/mol. The summed E-state index contributed by atoms with van der Waals surface area (Å²) in [5, 5.41) is 0.635. The first-order chi connectivity index (χ1) is 14.2. The van der Waals surface area contributed by atoms with E-state index in [9.17, 15) is 16.8 Å². The number of hydrogen-bond donors (Lipinski definition) is 1. The maximum absolute atomic E-state index is 13.2. The van der Waals surface area contributed by atoms with Gasteiger partial charge < -0.3 is 4.74 Å². The SMILES string of the molecule is CC(C)Oc1ccc(S(=O)(=O)NCC(c2ccccc2)S(=O)(=O)c2cccs2)cc1. The summed E-state index contributed by atoms with van der Waals surface area (Å²) in [7, 11) is -7.67. The summed E-state index contributed by atoms with van der Waals surface area (Å²) in [6.45, 7) is 3.48. The number of benzene rings is 2. The van der Waals surface area contributed by atoms with Gasteiger partial charge in [0.25, 0.3) is 0 Å². The first-order valence-corrected chi connectivity index (χ1v) is 13.2. The Morgan fingerprint density at radius 1 is 0.900 bits per heavy atom. The van der Waals surface area contributed by atoms with E-state index < -0.39 is 25.1 Å². The Kier molecular flexibility index (Phi) is 6.97. The molecule has 0 bridgehead atoms. The summed E-state index contributed by atoms with van der Waals surface area (Å²) in [6, 6.07) is 17.8. The second-order valence-electron chi connectivity index (χ2n) is 6.87. The van der Waals surface area contributed by atoms with Crippen LogP contribution in [0, 0.1) is 0 Å². The van der Waals surface area contributed by atoms with Crippen molar-refractivity contribution in [2.45, 2.75) is 34.3 Å². The van der Waals surface area contributed by atoms with Gasteiger partial charge in [-0.15, -0.1) is 11.3 Å². The Balaban J connectivity index is 1.85. The van der Waals surface area contributed by atoms with Crippen molar-refractivity contribution in [1.29, 1.82) is 0 Å². The molecule has 6 nitrogen and oxygen atoms in total. The molecule has 0 saturated heterocycles. The van der Waals surface area contributed by atoms with Crippen molar-refractivity contribution in [3.8, 4) is 5.75 Å². The fourth-order valence-corrected chi connectivity index (χ4v) is 6.90. The number of ether oxygens (including phenoxy) is 1. The second-order valence-corrected chi connectivity index (χ2v) is 11.9. The van der Waals surface area contributed by atoms with Crippen LogP contribution in [-0.2, 0) is 19.9 Å². The minimum atomic E-state index is -3.90. The molecule has 0 aliphatic carbocycles. The average Bonchev–Trinajstić information content (AvgIpc) is 3.24. The highest BCUT2D eigenvalue weighted by molar-refractivity contribution is 7.93. The van der Waals surface area contributed by atoms with Gasteiger partial charge in [0.1, 0.15) is 15.2 Å². The van der Waals surface area contributed by atoms with Gasteiger partial charge in [-0.2, -0.15) is 0 Å². The summed E-state index contributed by atoms with van der Waals surface area (Å²) in [4.78, 5) is 0.0407. The summed E-state index contributed by atoms with van der Waals surface area (Å²) < 4.78 is 60.0. The van der Waals surface area contributed by atoms with E-state index in [-0.39, 0.29) is 21.8 Å². The Hall–Kier alpha value is -2.20. The Morgan fingerprint density at radius 2 is 1.57 bits per heavy atom. The third kappa shape index (κ3) is 5.28. The second kappa shape index (κ2) is 9.30. The molecule has 0 aliphatic rings. The zero-order valence-corrected chi connectivity index (χ0v) is 19.0. The molecule has 3 aromatic rings. The zero-order valence-electron chi connectivity index (χ0n) is 16.6. The van der Waals surface area contributed by atoms with E-state index in [1.54, 1.807) is 53.9 Å². The van der Waals surface area contributed by atoms with Gasteiger partial charge in [-0.05, 0) is 55.1 Å². The van der Waals surface area contributed by atoms with Crippen molar-refractivity contribution in [2.24, 2.45) is 0 Å². The van der Waals surface area contributed by atoms with Crippen LogP contribution >= 0.6 is 11.3 Å². The van der Waals surface area contributed by atoms with E-state index >= 15 is 0 Å². The summed E-state index contributed by atoms with van der Waals surface area (Å²) >= 11 is 1.11. The van der Waals surface area contributed by atoms with Crippen LogP contribution < -0.4 is 9.46 Å². The number of sulfonamides is 1. The molecule has 9 heteroatoms. The van der Waals surface area contributed by atoms with E-state index in [1.807, 2.05) is 13.8 Å². The normalized spacial score (nSPS) is 13.3. The van der Waals surface area contributed by atoms with Gasteiger partial charge in [0.15, 0.2) is 9.84 Å². The lowest BCUT2D eigenvalue weighted by molar-refractivity contribution is 0.242. The summed E-state index contributed by atoms with van der Waals surface area (Å²) in [5.74, 6) is 0.561. The lowest BCUT2D eigenvalue weighted by atomic mass is 10.1. The van der Waals surface area contributed by atoms with Crippen molar-refractivity contribution >= 4 is 31.2 Å². The maximum Gasteiger partial charge on any atom is 0.240 e. The molecule has 3 rings (SSSR count). The van der Waals surface area contributed by atoms with Crippen molar-refractivity contribution in [2.75, 3.05) is 6.54 Å². The molecule has 0 aliphatic heterocycles. The lowest BCUT2D eigenvalue weighted by Crippen LogP contribution is -2.31. The quantitative estimate of drug-likeness (QED) is 0.515. The Bertz CT molecular complexity index is 1160. The van der Waals surface area contributed by atoms with Crippen molar-refractivity contribution in [3.05, 3.63) is 77.7 Å². The van der Waals surface area contributed by atoms with Crippen LogP contribution in [0.4, 0.5) is 0 Å². The van der Waals surface area contributed by atoms with Gasteiger partial charge in [0, 0.05) is 6.54 Å². The molecule has 2 aromatic carbocycles.